The number of hydrogen-bond acceptors (Lipinski definition) is 2. The van der Waals surface area contributed by atoms with E-state index in [2.05, 4.69) is 0 Å². The first-order valence-electron chi connectivity index (χ1n) is 6.06. The molecule has 1 unspecified atom stereocenters. The van der Waals surface area contributed by atoms with Crippen LogP contribution in [0, 0.1) is 5.92 Å². The molecule has 1 fully saturated rings. The Hall–Kier alpha value is -0.640. The van der Waals surface area contributed by atoms with Gasteiger partial charge in [0.2, 0.25) is 0 Å². The smallest absolute Gasteiger partial charge is 0.251 e. The molecular weight excluding hydrogens is 209 g/mol. The van der Waals surface area contributed by atoms with Crippen LogP contribution in [0.15, 0.2) is 0 Å². The average Bonchev–Trinajstić information content (AvgIpc) is 2.28. The molecule has 1 aliphatic heterocycles. The summed E-state index contributed by atoms with van der Waals surface area (Å²) in [6.45, 7) is 6.20. The molecule has 0 aromatic carbocycles. The number of halogens is 1. The van der Waals surface area contributed by atoms with E-state index in [9.17, 15) is 14.3 Å². The minimum atomic E-state index is -1.13. The summed E-state index contributed by atoms with van der Waals surface area (Å²) in [7, 11) is 0. The molecule has 0 aliphatic carbocycles. The van der Waals surface area contributed by atoms with E-state index in [4.69, 9.17) is 0 Å². The van der Waals surface area contributed by atoms with Crippen molar-refractivity contribution < 1.29 is 14.3 Å². The topological polar surface area (TPSA) is 40.5 Å². The van der Waals surface area contributed by atoms with Crippen molar-refractivity contribution in [2.75, 3.05) is 13.1 Å². The number of likely N-dealkylation sites (tertiary alicyclic amines) is 1. The first kappa shape index (κ1) is 13.4. The Balaban J connectivity index is 2.54. The van der Waals surface area contributed by atoms with Crippen molar-refractivity contribution in [2.45, 2.75) is 51.8 Å². The summed E-state index contributed by atoms with van der Waals surface area (Å²) < 4.78 is 14.4. The molecule has 16 heavy (non-hydrogen) atoms. The molecule has 4 heteroatoms. The number of aliphatic hydroxyl groups is 1. The zero-order valence-electron chi connectivity index (χ0n) is 10.4. The number of carbonyl (C=O) groups excluding carboxylic acids is 1. The van der Waals surface area contributed by atoms with E-state index < -0.39 is 11.8 Å². The molecule has 0 aromatic rings. The van der Waals surface area contributed by atoms with Crippen molar-refractivity contribution in [3.8, 4) is 0 Å². The van der Waals surface area contributed by atoms with Crippen molar-refractivity contribution in [1.29, 1.82) is 0 Å². The van der Waals surface area contributed by atoms with Crippen LogP contribution >= 0.6 is 0 Å². The fourth-order valence-corrected chi connectivity index (χ4v) is 2.22. The second-order valence-electron chi connectivity index (χ2n) is 4.85. The molecule has 0 aromatic heterocycles. The summed E-state index contributed by atoms with van der Waals surface area (Å²) in [6, 6.07) is 0. The van der Waals surface area contributed by atoms with E-state index in [1.165, 1.54) is 6.92 Å². The maximum Gasteiger partial charge on any atom is 0.251 e. The van der Waals surface area contributed by atoms with E-state index >= 15 is 0 Å². The minimum absolute atomic E-state index is 0.0382. The van der Waals surface area contributed by atoms with Crippen LogP contribution in [0.2, 0.25) is 0 Å². The van der Waals surface area contributed by atoms with Crippen LogP contribution in [0.25, 0.3) is 0 Å². The Bertz CT molecular complexity index is 247. The van der Waals surface area contributed by atoms with Crippen molar-refractivity contribution in [3.05, 3.63) is 0 Å². The number of alkyl halides is 1. The molecule has 1 heterocycles. The largest absolute Gasteiger partial charge is 0.384 e. The lowest BCUT2D eigenvalue weighted by Crippen LogP contribution is -2.49. The molecule has 0 radical (unpaired) electrons. The summed E-state index contributed by atoms with van der Waals surface area (Å²) >= 11 is 0. The van der Waals surface area contributed by atoms with E-state index in [0.29, 0.717) is 25.9 Å². The molecule has 0 bridgehead atoms. The predicted molar refractivity (Wildman–Crippen MR) is 60.8 cm³/mol. The van der Waals surface area contributed by atoms with Gasteiger partial charge in [0.05, 0.1) is 0 Å². The van der Waals surface area contributed by atoms with Gasteiger partial charge in [0, 0.05) is 13.1 Å². The van der Waals surface area contributed by atoms with Gasteiger partial charge >= 0.3 is 0 Å². The third-order valence-corrected chi connectivity index (χ3v) is 3.76. The van der Waals surface area contributed by atoms with Crippen LogP contribution < -0.4 is 0 Å². The molecule has 1 aliphatic rings. The lowest BCUT2D eigenvalue weighted by Gasteiger charge is -2.40. The first-order valence-corrected chi connectivity index (χ1v) is 6.06. The van der Waals surface area contributed by atoms with Gasteiger partial charge in [0.1, 0.15) is 11.8 Å². The lowest BCUT2D eigenvalue weighted by molar-refractivity contribution is -0.142. The Morgan fingerprint density at radius 1 is 1.44 bits per heavy atom. The fourth-order valence-electron chi connectivity index (χ4n) is 2.22. The van der Waals surface area contributed by atoms with Crippen LogP contribution in [0.3, 0.4) is 0 Å². The van der Waals surface area contributed by atoms with Crippen LogP contribution in [-0.2, 0) is 4.79 Å². The molecule has 2 atom stereocenters. The van der Waals surface area contributed by atoms with Gasteiger partial charge in [-0.15, -0.1) is 0 Å². The van der Waals surface area contributed by atoms with Crippen LogP contribution in [0.1, 0.15) is 40.0 Å². The SMILES string of the molecule is CCC(C)C1(F)CCN(C(=O)[C@@H](C)O)CC1. The highest BCUT2D eigenvalue weighted by Crippen LogP contribution is 2.35. The van der Waals surface area contributed by atoms with E-state index in [1.807, 2.05) is 13.8 Å². The van der Waals surface area contributed by atoms with E-state index in [0.717, 1.165) is 6.42 Å². The van der Waals surface area contributed by atoms with Gasteiger partial charge in [-0.25, -0.2) is 4.39 Å². The number of hydrogen-bond donors (Lipinski definition) is 1. The number of amides is 1. The van der Waals surface area contributed by atoms with Crippen molar-refractivity contribution in [2.24, 2.45) is 5.92 Å². The minimum Gasteiger partial charge on any atom is -0.384 e. The van der Waals surface area contributed by atoms with E-state index in [1.54, 1.807) is 4.90 Å². The number of rotatable bonds is 3. The average molecular weight is 231 g/mol. The zero-order valence-corrected chi connectivity index (χ0v) is 10.4. The normalized spacial score (nSPS) is 23.9. The lowest BCUT2D eigenvalue weighted by atomic mass is 9.81. The number of nitrogens with zero attached hydrogens (tertiary/aromatic N) is 1. The van der Waals surface area contributed by atoms with Crippen molar-refractivity contribution in [3.63, 3.8) is 0 Å². The van der Waals surface area contributed by atoms with Crippen LogP contribution in [0.5, 0.6) is 0 Å². The fraction of sp³-hybridized carbons (Fsp3) is 0.917. The molecule has 94 valence electrons. The summed E-state index contributed by atoms with van der Waals surface area (Å²) in [6.07, 6.45) is 0.623. The second kappa shape index (κ2) is 5.13. The van der Waals surface area contributed by atoms with Crippen LogP contribution in [-0.4, -0.2) is 40.8 Å². The number of aliphatic hydroxyl groups excluding tert-OH is 1. The van der Waals surface area contributed by atoms with Gasteiger partial charge in [-0.05, 0) is 25.7 Å². The molecular formula is C12H22FNO2. The highest BCUT2D eigenvalue weighted by molar-refractivity contribution is 5.80. The molecule has 1 saturated heterocycles. The van der Waals surface area contributed by atoms with Gasteiger partial charge in [-0.3, -0.25) is 4.79 Å². The highest BCUT2D eigenvalue weighted by atomic mass is 19.1. The quantitative estimate of drug-likeness (QED) is 0.803. The zero-order chi connectivity index (χ0) is 12.3. The monoisotopic (exact) mass is 231 g/mol. The third-order valence-electron chi connectivity index (χ3n) is 3.76. The first-order chi connectivity index (χ1) is 7.40. The molecule has 1 rings (SSSR count). The summed E-state index contributed by atoms with van der Waals surface area (Å²) in [4.78, 5) is 13.1. The molecule has 1 amide bonds. The Kier molecular flexibility index (Phi) is 4.30. The molecule has 1 N–H and O–H groups in total. The van der Waals surface area contributed by atoms with Gasteiger partial charge in [0.15, 0.2) is 0 Å². The Morgan fingerprint density at radius 2 is 1.94 bits per heavy atom. The van der Waals surface area contributed by atoms with Crippen molar-refractivity contribution >= 4 is 5.91 Å². The number of piperidine rings is 1. The number of carbonyl (C=O) groups is 1. The van der Waals surface area contributed by atoms with Crippen LogP contribution in [0.4, 0.5) is 4.39 Å². The van der Waals surface area contributed by atoms with Gasteiger partial charge in [-0.1, -0.05) is 20.3 Å². The van der Waals surface area contributed by atoms with Gasteiger partial charge < -0.3 is 10.0 Å². The molecule has 3 nitrogen and oxygen atoms in total. The maximum atomic E-state index is 14.4. The summed E-state index contributed by atoms with van der Waals surface area (Å²) in [5.74, 6) is -0.248. The summed E-state index contributed by atoms with van der Waals surface area (Å²) in [5, 5.41) is 9.17. The third kappa shape index (κ3) is 2.73. The van der Waals surface area contributed by atoms with Gasteiger partial charge in [0.25, 0.3) is 5.91 Å². The standard InChI is InChI=1S/C12H22FNO2/c1-4-9(2)12(13)5-7-14(8-6-12)11(16)10(3)15/h9-10,15H,4-8H2,1-3H3/t9?,10-/m1/s1. The van der Waals surface area contributed by atoms with Gasteiger partial charge in [-0.2, -0.15) is 0 Å². The molecule has 0 saturated carbocycles. The Labute approximate surface area is 96.6 Å². The Morgan fingerprint density at radius 3 is 2.31 bits per heavy atom. The molecule has 0 spiro atoms. The maximum absolute atomic E-state index is 14.4. The van der Waals surface area contributed by atoms with E-state index in [-0.39, 0.29) is 11.8 Å². The van der Waals surface area contributed by atoms with Crippen molar-refractivity contribution in [1.82, 2.24) is 4.90 Å². The highest BCUT2D eigenvalue weighted by Gasteiger charge is 2.40. The second-order valence-corrected chi connectivity index (χ2v) is 4.85. The summed E-state index contributed by atoms with van der Waals surface area (Å²) in [5.41, 5.74) is -1.13. The predicted octanol–water partition coefficient (Wildman–Crippen LogP) is 1.74.